The number of benzene rings is 3. The standard InChI is InChI=1S/C26H17Cl2FN2O5/c1-36-15-5-2-13(3-6-15)12-31-24(32)22-16-7-9-21(28)30-20(16)11-17(25(33)34)23(22)26(31,35)18-10-14(29)4-8-19(18)27/h2-11,35H,12H2,1H3,(H,33,34). The van der Waals surface area contributed by atoms with Gasteiger partial charge in [0, 0.05) is 28.1 Å². The average Bonchev–Trinajstić information content (AvgIpc) is 3.08. The van der Waals surface area contributed by atoms with Crippen LogP contribution in [0.2, 0.25) is 10.2 Å². The highest BCUT2D eigenvalue weighted by Crippen LogP contribution is 2.49. The molecule has 7 nitrogen and oxygen atoms in total. The Kier molecular flexibility index (Phi) is 5.83. The second-order valence-electron chi connectivity index (χ2n) is 8.22. The lowest BCUT2D eigenvalue weighted by atomic mass is 9.87. The van der Waals surface area contributed by atoms with Gasteiger partial charge in [-0.15, -0.1) is 0 Å². The Morgan fingerprint density at radius 3 is 2.50 bits per heavy atom. The summed E-state index contributed by atoms with van der Waals surface area (Å²) in [5.41, 5.74) is -2.51. The number of methoxy groups -OCH3 is 1. The number of aromatic nitrogens is 1. The highest BCUT2D eigenvalue weighted by Gasteiger charge is 2.54. The number of nitrogens with zero attached hydrogens (tertiary/aromatic N) is 2. The van der Waals surface area contributed by atoms with Crippen LogP contribution in [0.4, 0.5) is 4.39 Å². The highest BCUT2D eigenvalue weighted by atomic mass is 35.5. The Labute approximate surface area is 214 Å². The minimum Gasteiger partial charge on any atom is -0.497 e. The Morgan fingerprint density at radius 1 is 1.11 bits per heavy atom. The molecule has 1 amide bonds. The van der Waals surface area contributed by atoms with Crippen LogP contribution in [-0.4, -0.2) is 39.1 Å². The third-order valence-corrected chi connectivity index (χ3v) is 6.73. The van der Waals surface area contributed by atoms with Crippen molar-refractivity contribution in [3.05, 3.63) is 104 Å². The number of fused-ring (bicyclic) bond motifs is 3. The van der Waals surface area contributed by atoms with E-state index in [4.69, 9.17) is 27.9 Å². The molecule has 0 fully saturated rings. The summed E-state index contributed by atoms with van der Waals surface area (Å²) in [6.45, 7) is -0.150. The first-order valence-corrected chi connectivity index (χ1v) is 11.4. The van der Waals surface area contributed by atoms with E-state index in [1.54, 1.807) is 24.3 Å². The number of carbonyl (C=O) groups excluding carboxylic acids is 1. The summed E-state index contributed by atoms with van der Waals surface area (Å²) in [5, 5.41) is 22.7. The molecule has 0 bridgehead atoms. The topological polar surface area (TPSA) is 100.0 Å². The normalized spacial score (nSPS) is 16.9. The van der Waals surface area contributed by atoms with E-state index in [0.29, 0.717) is 11.3 Å². The van der Waals surface area contributed by atoms with E-state index in [9.17, 15) is 24.2 Å². The Morgan fingerprint density at radius 2 is 1.83 bits per heavy atom. The number of aliphatic hydroxyl groups is 1. The first-order valence-electron chi connectivity index (χ1n) is 10.6. The zero-order chi connectivity index (χ0) is 25.8. The molecule has 0 saturated heterocycles. The van der Waals surface area contributed by atoms with Crippen molar-refractivity contribution < 1.29 is 28.9 Å². The SMILES string of the molecule is COc1ccc(CN2C(=O)c3c(c(C(=O)O)cc4nc(Cl)ccc34)C2(O)c2cc(F)ccc2Cl)cc1. The zero-order valence-electron chi connectivity index (χ0n) is 18.6. The van der Waals surface area contributed by atoms with E-state index in [1.807, 2.05) is 0 Å². The summed E-state index contributed by atoms with van der Waals surface area (Å²) >= 11 is 12.4. The van der Waals surface area contributed by atoms with Crippen LogP contribution in [0, 0.1) is 5.82 Å². The van der Waals surface area contributed by atoms with Crippen molar-refractivity contribution in [3.8, 4) is 5.75 Å². The number of amides is 1. The number of halogens is 3. The number of hydrogen-bond acceptors (Lipinski definition) is 5. The van der Waals surface area contributed by atoms with E-state index in [-0.39, 0.29) is 49.9 Å². The monoisotopic (exact) mass is 526 g/mol. The molecule has 4 aromatic rings. The van der Waals surface area contributed by atoms with Gasteiger partial charge in [0.1, 0.15) is 16.7 Å². The van der Waals surface area contributed by atoms with E-state index in [1.165, 1.54) is 31.4 Å². The number of aromatic carboxylic acids is 1. The molecule has 0 radical (unpaired) electrons. The maximum Gasteiger partial charge on any atom is 0.336 e. The molecule has 1 aromatic heterocycles. The maximum absolute atomic E-state index is 14.4. The quantitative estimate of drug-likeness (QED) is 0.345. The molecule has 182 valence electrons. The fourth-order valence-electron chi connectivity index (χ4n) is 4.56. The number of carbonyl (C=O) groups is 2. The molecule has 0 saturated carbocycles. The van der Waals surface area contributed by atoms with Crippen molar-refractivity contribution in [2.24, 2.45) is 0 Å². The van der Waals surface area contributed by atoms with Gasteiger partial charge in [-0.1, -0.05) is 35.3 Å². The predicted octanol–water partition coefficient (Wildman–Crippen LogP) is 5.24. The third-order valence-electron chi connectivity index (χ3n) is 6.19. The predicted molar refractivity (Wildman–Crippen MR) is 131 cm³/mol. The Bertz CT molecular complexity index is 1560. The third kappa shape index (κ3) is 3.65. The molecule has 0 spiro atoms. The van der Waals surface area contributed by atoms with Gasteiger partial charge in [0.05, 0.1) is 23.8 Å². The second-order valence-corrected chi connectivity index (χ2v) is 9.01. The smallest absolute Gasteiger partial charge is 0.336 e. The van der Waals surface area contributed by atoms with Gasteiger partial charge >= 0.3 is 5.97 Å². The van der Waals surface area contributed by atoms with Crippen LogP contribution in [0.25, 0.3) is 10.9 Å². The lowest BCUT2D eigenvalue weighted by molar-refractivity contribution is -0.0549. The van der Waals surface area contributed by atoms with Crippen LogP contribution in [-0.2, 0) is 12.3 Å². The molecule has 1 aliphatic heterocycles. The fraction of sp³-hybridized carbons (Fsp3) is 0.115. The van der Waals surface area contributed by atoms with Crippen molar-refractivity contribution >= 4 is 46.0 Å². The molecule has 2 heterocycles. The molecule has 10 heteroatoms. The molecule has 1 unspecified atom stereocenters. The van der Waals surface area contributed by atoms with Crippen LogP contribution in [0.15, 0.2) is 60.7 Å². The van der Waals surface area contributed by atoms with Crippen molar-refractivity contribution in [1.82, 2.24) is 9.88 Å². The van der Waals surface area contributed by atoms with Crippen LogP contribution >= 0.6 is 23.2 Å². The van der Waals surface area contributed by atoms with Crippen LogP contribution < -0.4 is 4.74 Å². The fourth-order valence-corrected chi connectivity index (χ4v) is 4.97. The molecule has 36 heavy (non-hydrogen) atoms. The highest BCUT2D eigenvalue weighted by molar-refractivity contribution is 6.32. The van der Waals surface area contributed by atoms with Gasteiger partial charge in [-0.25, -0.2) is 14.2 Å². The first kappa shape index (κ1) is 24.0. The van der Waals surface area contributed by atoms with Gasteiger partial charge < -0.3 is 14.9 Å². The van der Waals surface area contributed by atoms with Gasteiger partial charge in [0.15, 0.2) is 5.72 Å². The average molecular weight is 527 g/mol. The van der Waals surface area contributed by atoms with Crippen molar-refractivity contribution in [1.29, 1.82) is 0 Å². The maximum atomic E-state index is 14.4. The van der Waals surface area contributed by atoms with Crippen molar-refractivity contribution in [3.63, 3.8) is 0 Å². The van der Waals surface area contributed by atoms with E-state index < -0.39 is 23.4 Å². The van der Waals surface area contributed by atoms with Gasteiger partial charge in [-0.05, 0) is 54.1 Å². The van der Waals surface area contributed by atoms with Gasteiger partial charge in [-0.3, -0.25) is 9.69 Å². The van der Waals surface area contributed by atoms with Crippen LogP contribution in [0.3, 0.4) is 0 Å². The summed E-state index contributed by atoms with van der Waals surface area (Å²) in [4.78, 5) is 31.5. The minimum absolute atomic E-state index is 0.0510. The molecule has 3 aromatic carbocycles. The van der Waals surface area contributed by atoms with E-state index in [2.05, 4.69) is 4.98 Å². The van der Waals surface area contributed by atoms with Crippen LogP contribution in [0.5, 0.6) is 5.75 Å². The summed E-state index contributed by atoms with van der Waals surface area (Å²) in [7, 11) is 1.51. The van der Waals surface area contributed by atoms with Gasteiger partial charge in [-0.2, -0.15) is 0 Å². The molecule has 2 N–H and O–H groups in total. The molecular weight excluding hydrogens is 510 g/mol. The van der Waals surface area contributed by atoms with Crippen molar-refractivity contribution in [2.75, 3.05) is 7.11 Å². The number of ether oxygens (including phenoxy) is 1. The van der Waals surface area contributed by atoms with E-state index in [0.717, 1.165) is 17.0 Å². The lowest BCUT2D eigenvalue weighted by Crippen LogP contribution is -2.45. The first-order chi connectivity index (χ1) is 17.1. The summed E-state index contributed by atoms with van der Waals surface area (Å²) in [6.07, 6.45) is 0. The molecular formula is C26H17Cl2FN2O5. The minimum atomic E-state index is -2.41. The molecule has 1 atom stereocenters. The Balaban J connectivity index is 1.84. The number of carboxylic acids is 1. The second kappa shape index (κ2) is 8.74. The molecule has 0 aliphatic carbocycles. The number of pyridine rings is 1. The molecule has 1 aliphatic rings. The Hall–Kier alpha value is -3.72. The van der Waals surface area contributed by atoms with E-state index >= 15 is 0 Å². The molecule has 5 rings (SSSR count). The van der Waals surface area contributed by atoms with Gasteiger partial charge in [0.25, 0.3) is 5.91 Å². The number of rotatable bonds is 5. The number of hydrogen-bond donors (Lipinski definition) is 2. The number of carboxylic acid groups (broad SMARTS) is 1. The van der Waals surface area contributed by atoms with Crippen LogP contribution in [0.1, 0.15) is 37.4 Å². The lowest BCUT2D eigenvalue weighted by Gasteiger charge is -2.36. The summed E-state index contributed by atoms with van der Waals surface area (Å²) in [5.74, 6) is -2.24. The van der Waals surface area contributed by atoms with Gasteiger partial charge in [0.2, 0.25) is 0 Å². The van der Waals surface area contributed by atoms with Crippen molar-refractivity contribution in [2.45, 2.75) is 12.3 Å². The largest absolute Gasteiger partial charge is 0.497 e. The summed E-state index contributed by atoms with van der Waals surface area (Å²) < 4.78 is 19.6. The summed E-state index contributed by atoms with van der Waals surface area (Å²) in [6, 6.07) is 14.3. The zero-order valence-corrected chi connectivity index (χ0v) is 20.1.